The molecule has 5 nitrogen and oxygen atoms in total. The number of nitrogens with one attached hydrogen (secondary N) is 2. The van der Waals surface area contributed by atoms with Gasteiger partial charge in [-0.3, -0.25) is 4.79 Å². The van der Waals surface area contributed by atoms with Crippen LogP contribution in [0.25, 0.3) is 0 Å². The molecule has 0 unspecified atom stereocenters. The third-order valence-electron chi connectivity index (χ3n) is 4.39. The number of rotatable bonds is 4. The van der Waals surface area contributed by atoms with E-state index < -0.39 is 0 Å². The van der Waals surface area contributed by atoms with Crippen molar-refractivity contribution in [3.63, 3.8) is 0 Å². The van der Waals surface area contributed by atoms with E-state index in [0.717, 1.165) is 35.5 Å². The lowest BCUT2D eigenvalue weighted by molar-refractivity contribution is 0.0972. The molecule has 0 radical (unpaired) electrons. The third-order valence-corrected chi connectivity index (χ3v) is 4.39. The molecule has 1 aromatic heterocycles. The number of benzene rings is 2. The highest BCUT2D eigenvalue weighted by molar-refractivity contribution is 6.03. The topological polar surface area (TPSA) is 66.9 Å². The van der Waals surface area contributed by atoms with Crippen LogP contribution in [-0.4, -0.2) is 15.8 Å². The maximum atomic E-state index is 12.5. The number of para-hydroxylation sites is 1. The summed E-state index contributed by atoms with van der Waals surface area (Å²) < 4.78 is 0. The Labute approximate surface area is 152 Å². The normalized spacial score (nSPS) is 13.2. The number of anilines is 4. The van der Waals surface area contributed by atoms with Crippen molar-refractivity contribution in [2.24, 2.45) is 0 Å². The van der Waals surface area contributed by atoms with E-state index >= 15 is 0 Å². The van der Waals surface area contributed by atoms with Gasteiger partial charge >= 0.3 is 0 Å². The molecule has 0 spiro atoms. The van der Waals surface area contributed by atoms with Gasteiger partial charge in [-0.05, 0) is 49.6 Å². The lowest BCUT2D eigenvalue weighted by Crippen LogP contribution is -2.17. The first-order valence-electron chi connectivity index (χ1n) is 8.79. The Morgan fingerprint density at radius 2 is 1.69 bits per heavy atom. The number of aryl methyl sites for hydroxylation is 2. The molecule has 0 amide bonds. The van der Waals surface area contributed by atoms with E-state index in [1.54, 1.807) is 0 Å². The van der Waals surface area contributed by atoms with Crippen LogP contribution in [-0.2, 0) is 6.42 Å². The summed E-state index contributed by atoms with van der Waals surface area (Å²) >= 11 is 0. The molecule has 2 N–H and O–H groups in total. The summed E-state index contributed by atoms with van der Waals surface area (Å²) in [5, 5.41) is 6.55. The Hall–Kier alpha value is -3.21. The van der Waals surface area contributed by atoms with Gasteiger partial charge in [-0.15, -0.1) is 0 Å². The molecule has 0 aliphatic heterocycles. The number of Topliss-reactive ketones (excluding diaryl/α,β-unsaturated/α-hetero) is 1. The molecule has 0 saturated carbocycles. The number of carbonyl (C=O) groups is 1. The van der Waals surface area contributed by atoms with Crippen molar-refractivity contribution in [3.05, 3.63) is 71.4 Å². The van der Waals surface area contributed by atoms with Gasteiger partial charge in [-0.25, -0.2) is 4.98 Å². The van der Waals surface area contributed by atoms with Gasteiger partial charge in [-0.2, -0.15) is 4.98 Å². The van der Waals surface area contributed by atoms with Crippen molar-refractivity contribution >= 4 is 28.9 Å². The molecule has 0 atom stereocenters. The van der Waals surface area contributed by atoms with Crippen LogP contribution in [0.2, 0.25) is 0 Å². The number of nitrogens with zero attached hydrogens (tertiary/aromatic N) is 2. The first-order valence-corrected chi connectivity index (χ1v) is 8.79. The summed E-state index contributed by atoms with van der Waals surface area (Å²) in [4.78, 5) is 21.7. The molecule has 0 bridgehead atoms. The van der Waals surface area contributed by atoms with Gasteiger partial charge in [0, 0.05) is 17.8 Å². The first kappa shape index (κ1) is 16.3. The van der Waals surface area contributed by atoms with Crippen molar-refractivity contribution < 1.29 is 4.79 Å². The van der Waals surface area contributed by atoms with E-state index in [-0.39, 0.29) is 5.78 Å². The van der Waals surface area contributed by atoms with Crippen molar-refractivity contribution in [1.82, 2.24) is 9.97 Å². The summed E-state index contributed by atoms with van der Waals surface area (Å²) in [6, 6.07) is 17.8. The molecular formula is C21H20N4O. The SMILES string of the molecule is Cc1cccc(Nc2nc(Nc3ccccc3)nc3c2C(=O)CCC3)c1. The van der Waals surface area contributed by atoms with Gasteiger partial charge in [0.05, 0.1) is 11.3 Å². The van der Waals surface area contributed by atoms with Crippen LogP contribution in [0.15, 0.2) is 54.6 Å². The predicted octanol–water partition coefficient (Wildman–Crippen LogP) is 4.79. The van der Waals surface area contributed by atoms with E-state index in [4.69, 9.17) is 0 Å². The number of ketones is 1. The van der Waals surface area contributed by atoms with Gasteiger partial charge in [0.1, 0.15) is 5.82 Å². The first-order chi connectivity index (χ1) is 12.7. The van der Waals surface area contributed by atoms with E-state index in [1.807, 2.05) is 61.5 Å². The molecule has 26 heavy (non-hydrogen) atoms. The van der Waals surface area contributed by atoms with E-state index in [2.05, 4.69) is 20.6 Å². The fourth-order valence-corrected chi connectivity index (χ4v) is 3.18. The molecule has 130 valence electrons. The number of aromatic nitrogens is 2. The maximum Gasteiger partial charge on any atom is 0.229 e. The number of hydrogen-bond donors (Lipinski definition) is 2. The molecule has 1 aliphatic rings. The quantitative estimate of drug-likeness (QED) is 0.712. The summed E-state index contributed by atoms with van der Waals surface area (Å²) in [7, 11) is 0. The van der Waals surface area contributed by atoms with Crippen LogP contribution in [0.4, 0.5) is 23.1 Å². The average Bonchev–Trinajstić information content (AvgIpc) is 2.62. The summed E-state index contributed by atoms with van der Waals surface area (Å²) in [6.07, 6.45) is 2.16. The second-order valence-corrected chi connectivity index (χ2v) is 6.48. The smallest absolute Gasteiger partial charge is 0.229 e. The van der Waals surface area contributed by atoms with Crippen molar-refractivity contribution in [2.75, 3.05) is 10.6 Å². The fraction of sp³-hybridized carbons (Fsp3) is 0.190. The minimum absolute atomic E-state index is 0.104. The van der Waals surface area contributed by atoms with Crippen LogP contribution in [0.5, 0.6) is 0 Å². The lowest BCUT2D eigenvalue weighted by Gasteiger charge is -2.19. The molecule has 5 heteroatoms. The molecular weight excluding hydrogens is 324 g/mol. The molecule has 0 fully saturated rings. The van der Waals surface area contributed by atoms with Crippen LogP contribution < -0.4 is 10.6 Å². The monoisotopic (exact) mass is 344 g/mol. The highest BCUT2D eigenvalue weighted by Crippen LogP contribution is 2.29. The summed E-state index contributed by atoms with van der Waals surface area (Å²) in [5.74, 6) is 1.18. The van der Waals surface area contributed by atoms with Crippen molar-refractivity contribution in [3.8, 4) is 0 Å². The molecule has 2 aromatic carbocycles. The van der Waals surface area contributed by atoms with Crippen LogP contribution in [0, 0.1) is 6.92 Å². The Kier molecular flexibility index (Phi) is 4.35. The second kappa shape index (κ2) is 6.96. The Bertz CT molecular complexity index is 953. The zero-order chi connectivity index (χ0) is 17.9. The summed E-state index contributed by atoms with van der Waals surface area (Å²) in [6.45, 7) is 2.04. The summed E-state index contributed by atoms with van der Waals surface area (Å²) in [5.41, 5.74) is 4.40. The Morgan fingerprint density at radius 1 is 0.885 bits per heavy atom. The largest absolute Gasteiger partial charge is 0.339 e. The molecule has 1 aliphatic carbocycles. The van der Waals surface area contributed by atoms with Gasteiger partial charge in [0.2, 0.25) is 5.95 Å². The van der Waals surface area contributed by atoms with Crippen LogP contribution in [0.3, 0.4) is 0 Å². The van der Waals surface area contributed by atoms with Crippen molar-refractivity contribution in [2.45, 2.75) is 26.2 Å². The minimum Gasteiger partial charge on any atom is -0.339 e. The molecule has 4 rings (SSSR count). The minimum atomic E-state index is 0.104. The fourth-order valence-electron chi connectivity index (χ4n) is 3.18. The Morgan fingerprint density at radius 3 is 2.50 bits per heavy atom. The number of fused-ring (bicyclic) bond motifs is 1. The Balaban J connectivity index is 1.74. The van der Waals surface area contributed by atoms with Crippen LogP contribution >= 0.6 is 0 Å². The molecule has 1 heterocycles. The van der Waals surface area contributed by atoms with Crippen LogP contribution in [0.1, 0.15) is 34.5 Å². The van der Waals surface area contributed by atoms with Crippen molar-refractivity contribution in [1.29, 1.82) is 0 Å². The highest BCUT2D eigenvalue weighted by atomic mass is 16.1. The van der Waals surface area contributed by atoms with E-state index in [9.17, 15) is 4.79 Å². The number of hydrogen-bond acceptors (Lipinski definition) is 5. The highest BCUT2D eigenvalue weighted by Gasteiger charge is 2.24. The van der Waals surface area contributed by atoms with E-state index in [1.165, 1.54) is 0 Å². The lowest BCUT2D eigenvalue weighted by atomic mass is 9.95. The average molecular weight is 344 g/mol. The predicted molar refractivity (Wildman–Crippen MR) is 103 cm³/mol. The number of carbonyl (C=O) groups excluding carboxylic acids is 1. The van der Waals surface area contributed by atoms with Gasteiger partial charge in [-0.1, -0.05) is 30.3 Å². The van der Waals surface area contributed by atoms with Gasteiger partial charge in [0.15, 0.2) is 5.78 Å². The van der Waals surface area contributed by atoms with Gasteiger partial charge in [0.25, 0.3) is 0 Å². The maximum absolute atomic E-state index is 12.5. The zero-order valence-electron chi connectivity index (χ0n) is 14.6. The standard InChI is InChI=1S/C21H20N4O/c1-14-7-5-10-16(13-14)22-20-19-17(11-6-12-18(19)26)24-21(25-20)23-15-8-3-2-4-9-15/h2-5,7-10,13H,6,11-12H2,1H3,(H2,22,23,24,25). The molecule has 3 aromatic rings. The zero-order valence-corrected chi connectivity index (χ0v) is 14.6. The second-order valence-electron chi connectivity index (χ2n) is 6.48. The van der Waals surface area contributed by atoms with E-state index in [0.29, 0.717) is 23.8 Å². The third kappa shape index (κ3) is 3.42. The molecule has 0 saturated heterocycles. The van der Waals surface area contributed by atoms with Gasteiger partial charge < -0.3 is 10.6 Å².